The molecule has 14 N–H and O–H groups in total. The van der Waals surface area contributed by atoms with Crippen LogP contribution in [0.3, 0.4) is 0 Å². The van der Waals surface area contributed by atoms with Gasteiger partial charge in [0.25, 0.3) is 0 Å². The van der Waals surface area contributed by atoms with Crippen molar-refractivity contribution in [3.8, 4) is 0 Å². The Balaban J connectivity index is 0.000000197. The predicted octanol–water partition coefficient (Wildman–Crippen LogP) is -0.532. The van der Waals surface area contributed by atoms with Crippen molar-refractivity contribution in [1.29, 1.82) is 0 Å². The molecule has 2 saturated carbocycles. The maximum absolute atomic E-state index is 12.5. The molecule has 0 aromatic rings. The van der Waals surface area contributed by atoms with Crippen LogP contribution in [0.15, 0.2) is 0 Å². The van der Waals surface area contributed by atoms with Crippen LogP contribution in [-0.2, 0) is 0 Å². The fourth-order valence-electron chi connectivity index (χ4n) is 9.01. The van der Waals surface area contributed by atoms with Gasteiger partial charge in [-0.2, -0.15) is 5.48 Å². The van der Waals surface area contributed by atoms with Crippen molar-refractivity contribution in [2.75, 3.05) is 46.3 Å². The standard InChI is InChI=1S/C19H39N7O.C15H30N6O2/c1-13-10-17(22-8-3-7-20-2)25-18(23-13)26-19(27)24-16-5-4-15-12-21-9-6-14(15)11-16;1-9-6-13(21-23)19-14(17-9)20-15(22)18-12-3-2-11-8-16-5-4-10(11)7-12/h13-18,20-23,25H,3-12H2,1-2H3,(H2,24,26,27);9-14,16-17,19,21,23H,2-8H2,1H3,(H2,18,20,22). The second-order valence-electron chi connectivity index (χ2n) is 15.7. The normalized spacial score (nSPS) is 38.6. The lowest BCUT2D eigenvalue weighted by atomic mass is 9.73. The number of hydroxylamine groups is 1. The minimum Gasteiger partial charge on any atom is -0.335 e. The van der Waals surface area contributed by atoms with E-state index in [1.165, 1.54) is 25.7 Å². The summed E-state index contributed by atoms with van der Waals surface area (Å²) >= 11 is 0. The maximum atomic E-state index is 12.5. The van der Waals surface area contributed by atoms with E-state index in [0.29, 0.717) is 12.1 Å². The van der Waals surface area contributed by atoms with Crippen LogP contribution >= 0.6 is 0 Å². The number of carbonyl (C=O) groups excluding carboxylic acids is 2. The predicted molar refractivity (Wildman–Crippen MR) is 195 cm³/mol. The number of nitrogens with one attached hydrogen (secondary N) is 13. The van der Waals surface area contributed by atoms with Gasteiger partial charge in [-0.25, -0.2) is 9.59 Å². The number of rotatable bonds is 10. The molecule has 0 bridgehead atoms. The van der Waals surface area contributed by atoms with Crippen LogP contribution in [-0.4, -0.2) is 113 Å². The molecule has 0 aromatic carbocycles. The zero-order chi connectivity index (χ0) is 35.3. The van der Waals surface area contributed by atoms with Crippen molar-refractivity contribution in [2.24, 2.45) is 23.7 Å². The van der Waals surface area contributed by atoms with Crippen LogP contribution in [0.1, 0.15) is 84.5 Å². The molecule has 4 saturated heterocycles. The van der Waals surface area contributed by atoms with Crippen LogP contribution in [0, 0.1) is 23.7 Å². The number of carbonyl (C=O) groups is 2. The maximum Gasteiger partial charge on any atom is 0.317 e. The third kappa shape index (κ3) is 12.7. The average molecular weight is 708 g/mol. The van der Waals surface area contributed by atoms with Crippen LogP contribution < -0.4 is 69.3 Å². The van der Waals surface area contributed by atoms with Gasteiger partial charge >= 0.3 is 12.1 Å². The van der Waals surface area contributed by atoms with Crippen LogP contribution in [0.25, 0.3) is 0 Å². The van der Waals surface area contributed by atoms with Gasteiger partial charge in [0.15, 0.2) is 0 Å². The molecule has 16 nitrogen and oxygen atoms in total. The number of amides is 4. The molecule has 0 aromatic heterocycles. The van der Waals surface area contributed by atoms with Gasteiger partial charge in [0, 0.05) is 24.2 Å². The quantitative estimate of drug-likeness (QED) is 0.102. The third-order valence-electron chi connectivity index (χ3n) is 11.7. The first-order valence-electron chi connectivity index (χ1n) is 19.6. The minimum absolute atomic E-state index is 0.0691. The smallest absolute Gasteiger partial charge is 0.317 e. The van der Waals surface area contributed by atoms with Gasteiger partial charge in [-0.3, -0.25) is 21.3 Å². The molecular weight excluding hydrogens is 638 g/mol. The highest BCUT2D eigenvalue weighted by Crippen LogP contribution is 2.35. The molecule has 12 atom stereocenters. The summed E-state index contributed by atoms with van der Waals surface area (Å²) in [6.45, 7) is 10.7. The van der Waals surface area contributed by atoms with E-state index in [9.17, 15) is 9.59 Å². The largest absolute Gasteiger partial charge is 0.335 e. The molecule has 16 heteroatoms. The monoisotopic (exact) mass is 708 g/mol. The number of hydrogen-bond acceptors (Lipinski definition) is 12. The first kappa shape index (κ1) is 39.3. The van der Waals surface area contributed by atoms with Crippen LogP contribution in [0.5, 0.6) is 0 Å². The molecule has 12 unspecified atom stereocenters. The number of piperidine rings is 2. The number of fused-ring (bicyclic) bond motifs is 2. The topological polar surface area (TPSA) is 211 Å². The summed E-state index contributed by atoms with van der Waals surface area (Å²) in [4.78, 5) is 24.8. The van der Waals surface area contributed by atoms with Gasteiger partial charge in [-0.15, -0.1) is 0 Å². The highest BCUT2D eigenvalue weighted by Gasteiger charge is 2.35. The van der Waals surface area contributed by atoms with E-state index in [-0.39, 0.29) is 49.1 Å². The average Bonchev–Trinajstić information content (AvgIpc) is 3.09. The Morgan fingerprint density at radius 2 is 1.14 bits per heavy atom. The fraction of sp³-hybridized carbons (Fsp3) is 0.941. The van der Waals surface area contributed by atoms with E-state index in [4.69, 9.17) is 5.21 Å². The minimum atomic E-state index is -0.349. The van der Waals surface area contributed by atoms with Crippen molar-refractivity contribution >= 4 is 12.1 Å². The van der Waals surface area contributed by atoms with Crippen molar-refractivity contribution in [3.63, 3.8) is 0 Å². The summed E-state index contributed by atoms with van der Waals surface area (Å²) < 4.78 is 0. The molecule has 50 heavy (non-hydrogen) atoms. The van der Waals surface area contributed by atoms with E-state index in [1.807, 2.05) is 14.0 Å². The van der Waals surface area contributed by atoms with Crippen molar-refractivity contribution in [1.82, 2.24) is 69.3 Å². The summed E-state index contributed by atoms with van der Waals surface area (Å²) in [5, 5.41) is 48.2. The molecule has 6 aliphatic rings. The third-order valence-corrected chi connectivity index (χ3v) is 11.7. The zero-order valence-corrected chi connectivity index (χ0v) is 30.7. The van der Waals surface area contributed by atoms with Crippen LogP contribution in [0.2, 0.25) is 0 Å². The summed E-state index contributed by atoms with van der Waals surface area (Å²) in [6.07, 6.45) is 11.5. The first-order chi connectivity index (χ1) is 24.3. The highest BCUT2D eigenvalue weighted by atomic mass is 16.5. The van der Waals surface area contributed by atoms with Gasteiger partial charge in [-0.1, -0.05) is 0 Å². The Morgan fingerprint density at radius 3 is 1.66 bits per heavy atom. The molecule has 6 rings (SSSR count). The van der Waals surface area contributed by atoms with Crippen molar-refractivity contribution in [3.05, 3.63) is 0 Å². The van der Waals surface area contributed by atoms with Gasteiger partial charge in [0.05, 0.1) is 12.3 Å². The molecule has 2 aliphatic carbocycles. The molecule has 6 fully saturated rings. The second-order valence-corrected chi connectivity index (χ2v) is 15.7. The number of urea groups is 2. The Kier molecular flexibility index (Phi) is 16.1. The second kappa shape index (κ2) is 20.4. The van der Waals surface area contributed by atoms with Crippen molar-refractivity contribution in [2.45, 2.75) is 134 Å². The Morgan fingerprint density at radius 1 is 0.620 bits per heavy atom. The lowest BCUT2D eigenvalue weighted by molar-refractivity contribution is 0.0662. The first-order valence-corrected chi connectivity index (χ1v) is 19.6. The Labute approximate surface area is 299 Å². The van der Waals surface area contributed by atoms with Gasteiger partial charge in [-0.05, 0) is 154 Å². The van der Waals surface area contributed by atoms with Gasteiger partial charge in [0.1, 0.15) is 12.6 Å². The fourth-order valence-corrected chi connectivity index (χ4v) is 9.01. The van der Waals surface area contributed by atoms with Gasteiger partial charge in [0.2, 0.25) is 0 Å². The summed E-state index contributed by atoms with van der Waals surface area (Å²) in [5.74, 6) is 3.09. The summed E-state index contributed by atoms with van der Waals surface area (Å²) in [7, 11) is 1.97. The molecule has 4 aliphatic heterocycles. The molecule has 4 heterocycles. The molecular formula is C34H69N13O3. The van der Waals surface area contributed by atoms with E-state index >= 15 is 0 Å². The molecule has 0 spiro atoms. The van der Waals surface area contributed by atoms with E-state index < -0.39 is 0 Å². The Bertz CT molecular complexity index is 1030. The van der Waals surface area contributed by atoms with E-state index in [0.717, 1.165) is 108 Å². The lowest BCUT2D eigenvalue weighted by Crippen LogP contribution is -2.68. The van der Waals surface area contributed by atoms with E-state index in [1.54, 1.807) is 0 Å². The van der Waals surface area contributed by atoms with Gasteiger partial charge < -0.3 is 47.7 Å². The lowest BCUT2D eigenvalue weighted by Gasteiger charge is -2.40. The number of hydrogen-bond donors (Lipinski definition) is 14. The molecule has 288 valence electrons. The Hall–Kier alpha value is -1.86. The highest BCUT2D eigenvalue weighted by molar-refractivity contribution is 5.75. The zero-order valence-electron chi connectivity index (χ0n) is 30.7. The summed E-state index contributed by atoms with van der Waals surface area (Å²) in [6, 6.07) is 0.904. The van der Waals surface area contributed by atoms with E-state index in [2.05, 4.69) is 76.2 Å². The molecule has 4 amide bonds. The van der Waals surface area contributed by atoms with Crippen LogP contribution in [0.4, 0.5) is 9.59 Å². The summed E-state index contributed by atoms with van der Waals surface area (Å²) in [5.41, 5.74) is 2.22. The SMILES string of the molecule is CC1CC(NO)NC(NC(=O)NC2CCC3CNCCC3C2)N1.CNCCCNC1CC(C)NC(NC(=O)NC2CCC3CNCCC3C2)N1. The van der Waals surface area contributed by atoms with Crippen molar-refractivity contribution < 1.29 is 14.8 Å². The molecule has 0 radical (unpaired) electrons.